The molecule has 116 valence electrons. The van der Waals surface area contributed by atoms with Gasteiger partial charge in [0, 0.05) is 18.0 Å². The van der Waals surface area contributed by atoms with E-state index in [1.165, 1.54) is 23.8 Å². The van der Waals surface area contributed by atoms with Crippen LogP contribution in [0.5, 0.6) is 0 Å². The van der Waals surface area contributed by atoms with E-state index in [2.05, 4.69) is 15.6 Å². The van der Waals surface area contributed by atoms with E-state index in [1.54, 1.807) is 5.38 Å². The van der Waals surface area contributed by atoms with Gasteiger partial charge >= 0.3 is 0 Å². The first-order valence-electron chi connectivity index (χ1n) is 6.95. The van der Waals surface area contributed by atoms with E-state index in [0.29, 0.717) is 10.8 Å². The number of carbonyl (C=O) groups excluding carboxylic acids is 2. The van der Waals surface area contributed by atoms with Crippen molar-refractivity contribution >= 4 is 34.0 Å². The number of anilines is 2. The first kappa shape index (κ1) is 16.2. The maximum atomic E-state index is 12.2. The molecule has 0 unspecified atom stereocenters. The fraction of sp³-hybridized carbons (Fsp3) is 0.312. The number of rotatable bonds is 4. The molecule has 5 nitrogen and oxygen atoms in total. The van der Waals surface area contributed by atoms with Crippen molar-refractivity contribution in [3.63, 3.8) is 0 Å². The van der Waals surface area contributed by atoms with Gasteiger partial charge in [0.15, 0.2) is 5.13 Å². The molecule has 2 aromatic rings. The van der Waals surface area contributed by atoms with Crippen molar-refractivity contribution in [2.75, 3.05) is 10.6 Å². The van der Waals surface area contributed by atoms with Gasteiger partial charge in [-0.15, -0.1) is 11.3 Å². The summed E-state index contributed by atoms with van der Waals surface area (Å²) in [6.45, 7) is 7.42. The minimum absolute atomic E-state index is 0.116. The highest BCUT2D eigenvalue weighted by Crippen LogP contribution is 2.22. The molecule has 1 aromatic heterocycles. The Morgan fingerprint density at radius 1 is 1.14 bits per heavy atom. The summed E-state index contributed by atoms with van der Waals surface area (Å²) in [4.78, 5) is 27.4. The van der Waals surface area contributed by atoms with Crippen LogP contribution in [0.25, 0.3) is 0 Å². The second-order valence-electron chi connectivity index (χ2n) is 5.32. The van der Waals surface area contributed by atoms with E-state index in [0.717, 1.165) is 16.8 Å². The van der Waals surface area contributed by atoms with Crippen LogP contribution >= 0.6 is 11.3 Å². The monoisotopic (exact) mass is 317 g/mol. The van der Waals surface area contributed by atoms with Crippen molar-refractivity contribution in [1.29, 1.82) is 0 Å². The Kier molecular flexibility index (Phi) is 4.92. The van der Waals surface area contributed by atoms with Gasteiger partial charge in [-0.1, -0.05) is 17.7 Å². The predicted molar refractivity (Wildman–Crippen MR) is 89.4 cm³/mol. The maximum absolute atomic E-state index is 12.2. The lowest BCUT2D eigenvalue weighted by molar-refractivity contribution is -0.116. The molecule has 0 atom stereocenters. The molecular formula is C16H19N3O2S. The molecular weight excluding hydrogens is 298 g/mol. The molecule has 1 aromatic carbocycles. The van der Waals surface area contributed by atoms with E-state index >= 15 is 0 Å². The van der Waals surface area contributed by atoms with E-state index in [1.807, 2.05) is 32.9 Å². The van der Waals surface area contributed by atoms with Crippen LogP contribution in [0.4, 0.5) is 10.8 Å². The quantitative estimate of drug-likeness (QED) is 0.909. The Balaban J connectivity index is 2.04. The number of nitrogens with one attached hydrogen (secondary N) is 2. The molecule has 2 rings (SSSR count). The van der Waals surface area contributed by atoms with Gasteiger partial charge in [0.1, 0.15) is 0 Å². The highest BCUT2D eigenvalue weighted by molar-refractivity contribution is 7.13. The van der Waals surface area contributed by atoms with Crippen LogP contribution < -0.4 is 10.6 Å². The van der Waals surface area contributed by atoms with Gasteiger partial charge in [-0.3, -0.25) is 9.59 Å². The van der Waals surface area contributed by atoms with Crippen molar-refractivity contribution < 1.29 is 9.59 Å². The topological polar surface area (TPSA) is 71.1 Å². The van der Waals surface area contributed by atoms with Crippen LogP contribution in [0.15, 0.2) is 17.5 Å². The third kappa shape index (κ3) is 4.14. The number of nitrogens with zero attached hydrogens (tertiary/aromatic N) is 1. The van der Waals surface area contributed by atoms with Crippen LogP contribution in [0.3, 0.4) is 0 Å². The van der Waals surface area contributed by atoms with E-state index < -0.39 is 0 Å². The van der Waals surface area contributed by atoms with Gasteiger partial charge in [-0.25, -0.2) is 4.98 Å². The summed E-state index contributed by atoms with van der Waals surface area (Å²) in [5, 5.41) is 7.84. The standard InChI is InChI=1S/C16H19N3O2S/c1-9-5-10(2)15(11(3)6-9)19-14(21)7-13-8-22-16(18-13)17-12(4)20/h5-6,8H,7H2,1-4H3,(H,19,21)(H,17,18,20). The molecule has 0 aliphatic rings. The third-order valence-corrected chi connectivity index (χ3v) is 3.92. The highest BCUT2D eigenvalue weighted by Gasteiger charge is 2.11. The molecule has 0 fully saturated rings. The summed E-state index contributed by atoms with van der Waals surface area (Å²) in [5.74, 6) is -0.286. The smallest absolute Gasteiger partial charge is 0.230 e. The SMILES string of the molecule is CC(=O)Nc1nc(CC(=O)Nc2c(C)cc(C)cc2C)cs1. The zero-order valence-corrected chi connectivity index (χ0v) is 13.9. The second kappa shape index (κ2) is 6.70. The van der Waals surface area contributed by atoms with Crippen molar-refractivity contribution in [2.24, 2.45) is 0 Å². The normalized spacial score (nSPS) is 10.4. The number of aryl methyl sites for hydroxylation is 3. The molecule has 22 heavy (non-hydrogen) atoms. The first-order valence-corrected chi connectivity index (χ1v) is 7.83. The first-order chi connectivity index (χ1) is 10.3. The minimum Gasteiger partial charge on any atom is -0.325 e. The summed E-state index contributed by atoms with van der Waals surface area (Å²) >= 11 is 1.31. The van der Waals surface area contributed by atoms with E-state index in [-0.39, 0.29) is 18.2 Å². The summed E-state index contributed by atoms with van der Waals surface area (Å²) in [5.41, 5.74) is 4.76. The molecule has 0 radical (unpaired) electrons. The Labute approximate surface area is 133 Å². The molecule has 0 bridgehead atoms. The van der Waals surface area contributed by atoms with Gasteiger partial charge in [-0.05, 0) is 31.9 Å². The van der Waals surface area contributed by atoms with Crippen molar-refractivity contribution in [1.82, 2.24) is 4.98 Å². The van der Waals surface area contributed by atoms with Crippen LogP contribution in [0.2, 0.25) is 0 Å². The molecule has 6 heteroatoms. The third-order valence-electron chi connectivity index (χ3n) is 3.12. The zero-order chi connectivity index (χ0) is 16.3. The lowest BCUT2D eigenvalue weighted by Gasteiger charge is -2.12. The van der Waals surface area contributed by atoms with E-state index in [9.17, 15) is 9.59 Å². The molecule has 0 spiro atoms. The number of hydrogen-bond donors (Lipinski definition) is 2. The number of amides is 2. The van der Waals surface area contributed by atoms with Gasteiger partial charge < -0.3 is 10.6 Å². The van der Waals surface area contributed by atoms with Crippen molar-refractivity contribution in [3.05, 3.63) is 39.9 Å². The van der Waals surface area contributed by atoms with Crippen LogP contribution in [-0.2, 0) is 16.0 Å². The lowest BCUT2D eigenvalue weighted by Crippen LogP contribution is -2.16. The predicted octanol–water partition coefficient (Wildman–Crippen LogP) is 3.21. The molecule has 1 heterocycles. The fourth-order valence-corrected chi connectivity index (χ4v) is 3.08. The summed E-state index contributed by atoms with van der Waals surface area (Å²) < 4.78 is 0. The van der Waals surface area contributed by atoms with Crippen molar-refractivity contribution in [2.45, 2.75) is 34.1 Å². The Morgan fingerprint density at radius 3 is 2.36 bits per heavy atom. The number of thiazole rings is 1. The summed E-state index contributed by atoms with van der Waals surface area (Å²) in [7, 11) is 0. The van der Waals surface area contributed by atoms with Crippen molar-refractivity contribution in [3.8, 4) is 0 Å². The number of benzene rings is 1. The van der Waals surface area contributed by atoms with Crippen LogP contribution in [-0.4, -0.2) is 16.8 Å². The Hall–Kier alpha value is -2.21. The number of hydrogen-bond acceptors (Lipinski definition) is 4. The Morgan fingerprint density at radius 2 is 1.77 bits per heavy atom. The highest BCUT2D eigenvalue weighted by atomic mass is 32.1. The maximum Gasteiger partial charge on any atom is 0.230 e. The molecule has 0 saturated heterocycles. The zero-order valence-electron chi connectivity index (χ0n) is 13.1. The minimum atomic E-state index is -0.170. The summed E-state index contributed by atoms with van der Waals surface area (Å²) in [6.07, 6.45) is 0.183. The van der Waals surface area contributed by atoms with Crippen LogP contribution in [0, 0.1) is 20.8 Å². The average molecular weight is 317 g/mol. The number of aromatic nitrogens is 1. The Bertz CT molecular complexity index is 699. The fourth-order valence-electron chi connectivity index (χ4n) is 2.32. The molecule has 0 saturated carbocycles. The van der Waals surface area contributed by atoms with Gasteiger partial charge in [0.25, 0.3) is 0 Å². The largest absolute Gasteiger partial charge is 0.325 e. The van der Waals surface area contributed by atoms with Crippen LogP contribution in [0.1, 0.15) is 29.3 Å². The van der Waals surface area contributed by atoms with Gasteiger partial charge in [0.05, 0.1) is 12.1 Å². The molecule has 0 aliphatic carbocycles. The van der Waals surface area contributed by atoms with Gasteiger partial charge in [-0.2, -0.15) is 0 Å². The molecule has 0 aliphatic heterocycles. The summed E-state index contributed by atoms with van der Waals surface area (Å²) in [6, 6.07) is 4.08. The molecule has 2 amide bonds. The number of carbonyl (C=O) groups is 2. The van der Waals surface area contributed by atoms with Gasteiger partial charge in [0.2, 0.25) is 11.8 Å². The molecule has 2 N–H and O–H groups in total. The second-order valence-corrected chi connectivity index (χ2v) is 6.18. The van der Waals surface area contributed by atoms with E-state index in [4.69, 9.17) is 0 Å². The lowest BCUT2D eigenvalue weighted by atomic mass is 10.0. The average Bonchev–Trinajstić information content (AvgIpc) is 2.80.